The second-order valence-corrected chi connectivity index (χ2v) is 6.47. The second kappa shape index (κ2) is 4.54. The molecule has 2 rings (SSSR count). The molecule has 0 aromatic rings. The molecule has 0 bridgehead atoms. The summed E-state index contributed by atoms with van der Waals surface area (Å²) >= 11 is 0. The van der Waals surface area contributed by atoms with E-state index in [1.165, 1.54) is 5.57 Å². The van der Waals surface area contributed by atoms with Crippen LogP contribution in [0.1, 0.15) is 46.5 Å². The third kappa shape index (κ3) is 2.51. The van der Waals surface area contributed by atoms with Crippen LogP contribution in [-0.2, 0) is 4.79 Å². The summed E-state index contributed by atoms with van der Waals surface area (Å²) in [5.74, 6) is -0.382. The molecule has 2 aliphatic carbocycles. The minimum absolute atomic E-state index is 0.202. The molecule has 0 aromatic heterocycles. The molecule has 2 N–H and O–H groups in total. The Morgan fingerprint density at radius 3 is 2.61 bits per heavy atom. The maximum atomic E-state index is 11.3. The maximum absolute atomic E-state index is 11.3. The van der Waals surface area contributed by atoms with Gasteiger partial charge in [0, 0.05) is 6.42 Å². The van der Waals surface area contributed by atoms with Crippen LogP contribution in [0.2, 0.25) is 0 Å². The van der Waals surface area contributed by atoms with Crippen LogP contribution in [0.3, 0.4) is 0 Å². The first-order valence-corrected chi connectivity index (χ1v) is 6.62. The molecule has 2 atom stereocenters. The molecule has 0 aromatic carbocycles. The van der Waals surface area contributed by atoms with Crippen molar-refractivity contribution in [3.63, 3.8) is 0 Å². The first-order chi connectivity index (χ1) is 8.30. The van der Waals surface area contributed by atoms with Crippen molar-refractivity contribution < 1.29 is 15.0 Å². The fourth-order valence-corrected chi connectivity index (χ4v) is 2.92. The van der Waals surface area contributed by atoms with Crippen LogP contribution >= 0.6 is 0 Å². The van der Waals surface area contributed by atoms with Gasteiger partial charge in [0.1, 0.15) is 6.10 Å². The van der Waals surface area contributed by atoms with E-state index in [4.69, 9.17) is 0 Å². The van der Waals surface area contributed by atoms with Gasteiger partial charge in [0.15, 0.2) is 5.76 Å². The van der Waals surface area contributed by atoms with Crippen molar-refractivity contribution in [2.75, 3.05) is 0 Å². The van der Waals surface area contributed by atoms with E-state index < -0.39 is 11.9 Å². The smallest absolute Gasteiger partial charge is 0.225 e. The zero-order valence-corrected chi connectivity index (χ0v) is 11.4. The molecule has 0 radical (unpaired) electrons. The van der Waals surface area contributed by atoms with Crippen LogP contribution in [0.15, 0.2) is 23.0 Å². The van der Waals surface area contributed by atoms with E-state index in [0.717, 1.165) is 12.8 Å². The van der Waals surface area contributed by atoms with Gasteiger partial charge in [-0.2, -0.15) is 0 Å². The molecule has 0 spiro atoms. The Bertz CT molecular complexity index is 429. The van der Waals surface area contributed by atoms with Gasteiger partial charge < -0.3 is 10.2 Å². The average Bonchev–Trinajstić information content (AvgIpc) is 2.75. The van der Waals surface area contributed by atoms with Gasteiger partial charge in [-0.3, -0.25) is 4.79 Å². The lowest BCUT2D eigenvalue weighted by Gasteiger charge is -2.20. The largest absolute Gasteiger partial charge is 0.504 e. The van der Waals surface area contributed by atoms with Crippen LogP contribution in [0.25, 0.3) is 0 Å². The molecule has 3 heteroatoms. The summed E-state index contributed by atoms with van der Waals surface area (Å²) in [6.07, 6.45) is 4.41. The molecule has 100 valence electrons. The van der Waals surface area contributed by atoms with Gasteiger partial charge in [0.25, 0.3) is 0 Å². The summed E-state index contributed by atoms with van der Waals surface area (Å²) in [6, 6.07) is 0. The van der Waals surface area contributed by atoms with Crippen LogP contribution in [0, 0.1) is 11.3 Å². The van der Waals surface area contributed by atoms with Crippen molar-refractivity contribution in [1.29, 1.82) is 0 Å². The number of allylic oxidation sites excluding steroid dienone is 2. The van der Waals surface area contributed by atoms with Crippen molar-refractivity contribution in [2.45, 2.75) is 52.6 Å². The van der Waals surface area contributed by atoms with Crippen molar-refractivity contribution in [3.05, 3.63) is 23.0 Å². The number of ketones is 1. The van der Waals surface area contributed by atoms with Crippen molar-refractivity contribution in [3.8, 4) is 0 Å². The van der Waals surface area contributed by atoms with E-state index in [1.807, 2.05) is 0 Å². The van der Waals surface area contributed by atoms with Gasteiger partial charge in [0.2, 0.25) is 5.78 Å². The predicted octanol–water partition coefficient (Wildman–Crippen LogP) is 2.90. The first-order valence-electron chi connectivity index (χ1n) is 6.62. The number of rotatable bonds is 3. The lowest BCUT2D eigenvalue weighted by molar-refractivity contribution is -0.124. The summed E-state index contributed by atoms with van der Waals surface area (Å²) in [5.41, 5.74) is 2.46. The fourth-order valence-electron chi connectivity index (χ4n) is 2.92. The molecule has 2 aliphatic rings. The van der Waals surface area contributed by atoms with Crippen molar-refractivity contribution in [2.24, 2.45) is 11.3 Å². The minimum Gasteiger partial charge on any atom is -0.504 e. The SMILES string of the molecule is CC(CC1=C(O)C(=O)C(O)C1)C1=CCC(C)(C)C1. The highest BCUT2D eigenvalue weighted by Gasteiger charge is 2.33. The third-order valence-corrected chi connectivity index (χ3v) is 4.10. The molecule has 2 unspecified atom stereocenters. The Balaban J connectivity index is 2.01. The standard InChI is InChI=1S/C15H22O3/c1-9(10-4-5-15(2,3)8-10)6-11-7-12(16)14(18)13(11)17/h4,9,12,16-17H,5-8H2,1-3H3. The van der Waals surface area contributed by atoms with Crippen LogP contribution in [-0.4, -0.2) is 22.1 Å². The molecule has 18 heavy (non-hydrogen) atoms. The zero-order chi connectivity index (χ0) is 13.5. The summed E-state index contributed by atoms with van der Waals surface area (Å²) in [7, 11) is 0. The number of aliphatic hydroxyl groups is 2. The number of carbonyl (C=O) groups excluding carboxylic acids is 1. The van der Waals surface area contributed by atoms with Crippen molar-refractivity contribution in [1.82, 2.24) is 0 Å². The van der Waals surface area contributed by atoms with E-state index in [9.17, 15) is 15.0 Å². The van der Waals surface area contributed by atoms with Gasteiger partial charge in [-0.25, -0.2) is 0 Å². The molecule has 3 nitrogen and oxygen atoms in total. The number of hydrogen-bond donors (Lipinski definition) is 2. The quantitative estimate of drug-likeness (QED) is 0.757. The number of Topliss-reactive ketones (excluding diaryl/α,β-unsaturated/α-hetero) is 1. The number of aliphatic hydroxyl groups excluding tert-OH is 2. The highest BCUT2D eigenvalue weighted by atomic mass is 16.3. The van der Waals surface area contributed by atoms with Gasteiger partial charge in [-0.1, -0.05) is 32.4 Å². The monoisotopic (exact) mass is 250 g/mol. The normalized spacial score (nSPS) is 28.8. The Labute approximate surface area is 108 Å². The van der Waals surface area contributed by atoms with Crippen LogP contribution in [0.5, 0.6) is 0 Å². The maximum Gasteiger partial charge on any atom is 0.225 e. The molecule has 0 heterocycles. The molecule has 0 fully saturated rings. The van der Waals surface area contributed by atoms with E-state index in [1.54, 1.807) is 0 Å². The Morgan fingerprint density at radius 2 is 2.17 bits per heavy atom. The van der Waals surface area contributed by atoms with Gasteiger partial charge in [-0.15, -0.1) is 0 Å². The number of hydrogen-bond acceptors (Lipinski definition) is 3. The fraction of sp³-hybridized carbons (Fsp3) is 0.667. The summed E-state index contributed by atoms with van der Waals surface area (Å²) in [5, 5.41) is 19.1. The molecule has 0 aliphatic heterocycles. The van der Waals surface area contributed by atoms with Gasteiger partial charge in [-0.05, 0) is 36.2 Å². The molecule has 0 saturated carbocycles. The molecular formula is C15H22O3. The summed E-state index contributed by atoms with van der Waals surface area (Å²) in [4.78, 5) is 11.3. The molecular weight excluding hydrogens is 228 g/mol. The topological polar surface area (TPSA) is 57.5 Å². The predicted molar refractivity (Wildman–Crippen MR) is 70.2 cm³/mol. The lowest BCUT2D eigenvalue weighted by atomic mass is 9.85. The van der Waals surface area contributed by atoms with E-state index in [0.29, 0.717) is 29.7 Å². The van der Waals surface area contributed by atoms with Crippen molar-refractivity contribution >= 4 is 5.78 Å². The second-order valence-electron chi connectivity index (χ2n) is 6.47. The minimum atomic E-state index is -1.03. The highest BCUT2D eigenvalue weighted by Crippen LogP contribution is 2.41. The molecule has 0 amide bonds. The summed E-state index contributed by atoms with van der Waals surface area (Å²) < 4.78 is 0. The Morgan fingerprint density at radius 1 is 1.50 bits per heavy atom. The molecule has 0 saturated heterocycles. The van der Waals surface area contributed by atoms with Crippen LogP contribution < -0.4 is 0 Å². The average molecular weight is 250 g/mol. The van der Waals surface area contributed by atoms with E-state index in [2.05, 4.69) is 26.8 Å². The summed E-state index contributed by atoms with van der Waals surface area (Å²) in [6.45, 7) is 6.63. The van der Waals surface area contributed by atoms with E-state index in [-0.39, 0.29) is 5.76 Å². The van der Waals surface area contributed by atoms with Crippen LogP contribution in [0.4, 0.5) is 0 Å². The third-order valence-electron chi connectivity index (χ3n) is 4.10. The lowest BCUT2D eigenvalue weighted by Crippen LogP contribution is -2.14. The highest BCUT2D eigenvalue weighted by molar-refractivity contribution is 5.99. The Kier molecular flexibility index (Phi) is 3.37. The number of carbonyl (C=O) groups is 1. The van der Waals surface area contributed by atoms with Gasteiger partial charge in [0.05, 0.1) is 0 Å². The van der Waals surface area contributed by atoms with Gasteiger partial charge >= 0.3 is 0 Å². The van der Waals surface area contributed by atoms with E-state index >= 15 is 0 Å². The first kappa shape index (κ1) is 13.3. The Hall–Kier alpha value is -1.09. The zero-order valence-electron chi connectivity index (χ0n) is 11.4.